The van der Waals surface area contributed by atoms with E-state index in [9.17, 15) is 4.79 Å². The van der Waals surface area contributed by atoms with Crippen molar-refractivity contribution in [2.24, 2.45) is 0 Å². The molecule has 0 aliphatic heterocycles. The maximum absolute atomic E-state index is 12.0. The lowest BCUT2D eigenvalue weighted by Crippen LogP contribution is -2.14. The smallest absolute Gasteiger partial charge is 0.284 e. The summed E-state index contributed by atoms with van der Waals surface area (Å²) >= 11 is 7.04. The number of amides is 1. The molecule has 2 aromatic heterocycles. The van der Waals surface area contributed by atoms with Gasteiger partial charge in [0, 0.05) is 10.7 Å². The lowest BCUT2D eigenvalue weighted by molar-refractivity contribution is -0.113. The summed E-state index contributed by atoms with van der Waals surface area (Å²) in [5.74, 6) is 0.761. The van der Waals surface area contributed by atoms with Crippen molar-refractivity contribution in [2.45, 2.75) is 12.1 Å². The second kappa shape index (κ2) is 6.89. The zero-order chi connectivity index (χ0) is 16.2. The molecule has 1 amide bonds. The standard InChI is InChI=1S/C15H12ClN3O3S/c1-9-7-10(16)4-5-11(9)17-13(20)8-23-15-19-18-14(22-15)12-3-2-6-21-12/h2-7H,8H2,1H3,(H,17,20). The first kappa shape index (κ1) is 15.6. The van der Waals surface area contributed by atoms with E-state index in [1.165, 1.54) is 6.26 Å². The number of hydrogen-bond donors (Lipinski definition) is 1. The van der Waals surface area contributed by atoms with Gasteiger partial charge in [-0.3, -0.25) is 4.79 Å². The molecular weight excluding hydrogens is 338 g/mol. The van der Waals surface area contributed by atoms with E-state index in [0.717, 1.165) is 23.0 Å². The molecule has 0 aliphatic carbocycles. The molecule has 3 aromatic rings. The van der Waals surface area contributed by atoms with Crippen molar-refractivity contribution in [1.29, 1.82) is 0 Å². The van der Waals surface area contributed by atoms with Crippen LogP contribution in [0.4, 0.5) is 5.69 Å². The SMILES string of the molecule is Cc1cc(Cl)ccc1NC(=O)CSc1nnc(-c2ccco2)o1. The van der Waals surface area contributed by atoms with Crippen LogP contribution >= 0.6 is 23.4 Å². The number of rotatable bonds is 5. The van der Waals surface area contributed by atoms with E-state index in [1.807, 2.05) is 6.92 Å². The third-order valence-electron chi connectivity index (χ3n) is 2.93. The first-order chi connectivity index (χ1) is 11.1. The fraction of sp³-hybridized carbons (Fsp3) is 0.133. The van der Waals surface area contributed by atoms with Crippen LogP contribution in [0.25, 0.3) is 11.7 Å². The lowest BCUT2D eigenvalue weighted by Gasteiger charge is -2.07. The van der Waals surface area contributed by atoms with Crippen molar-refractivity contribution in [3.05, 3.63) is 47.2 Å². The van der Waals surface area contributed by atoms with Gasteiger partial charge < -0.3 is 14.2 Å². The van der Waals surface area contributed by atoms with Crippen molar-refractivity contribution in [1.82, 2.24) is 10.2 Å². The van der Waals surface area contributed by atoms with Crippen LogP contribution in [0.2, 0.25) is 5.02 Å². The van der Waals surface area contributed by atoms with Crippen molar-refractivity contribution >= 4 is 35.0 Å². The fourth-order valence-corrected chi connectivity index (χ4v) is 2.64. The number of furan rings is 1. The number of aromatic nitrogens is 2. The number of anilines is 1. The Hall–Kier alpha value is -2.25. The minimum atomic E-state index is -0.168. The number of halogens is 1. The molecule has 1 N–H and O–H groups in total. The summed E-state index contributed by atoms with van der Waals surface area (Å²) in [4.78, 5) is 12.0. The van der Waals surface area contributed by atoms with E-state index in [0.29, 0.717) is 16.0 Å². The van der Waals surface area contributed by atoms with E-state index < -0.39 is 0 Å². The Morgan fingerprint density at radius 1 is 1.35 bits per heavy atom. The van der Waals surface area contributed by atoms with E-state index in [-0.39, 0.29) is 17.6 Å². The number of nitrogens with one attached hydrogen (secondary N) is 1. The minimum absolute atomic E-state index is 0.155. The predicted octanol–water partition coefficient (Wildman–Crippen LogP) is 4.02. The molecule has 0 bridgehead atoms. The molecule has 118 valence electrons. The van der Waals surface area contributed by atoms with E-state index in [1.54, 1.807) is 30.3 Å². The third-order valence-corrected chi connectivity index (χ3v) is 3.98. The van der Waals surface area contributed by atoms with Crippen LogP contribution in [-0.2, 0) is 4.79 Å². The molecule has 2 heterocycles. The van der Waals surface area contributed by atoms with Crippen molar-refractivity contribution in [2.75, 3.05) is 11.1 Å². The molecule has 3 rings (SSSR count). The molecule has 0 spiro atoms. The molecule has 6 nitrogen and oxygen atoms in total. The Labute approximate surface area is 141 Å². The first-order valence-electron chi connectivity index (χ1n) is 6.68. The molecule has 0 unspecified atom stereocenters. The van der Waals surface area contributed by atoms with Crippen LogP contribution in [0.1, 0.15) is 5.56 Å². The van der Waals surface area contributed by atoms with Crippen LogP contribution in [0.5, 0.6) is 0 Å². The largest absolute Gasteiger partial charge is 0.459 e. The van der Waals surface area contributed by atoms with Crippen molar-refractivity contribution < 1.29 is 13.6 Å². The summed E-state index contributed by atoms with van der Waals surface area (Å²) in [6.07, 6.45) is 1.52. The third kappa shape index (κ3) is 3.94. The second-order valence-electron chi connectivity index (χ2n) is 4.65. The van der Waals surface area contributed by atoms with Gasteiger partial charge in [0.15, 0.2) is 5.76 Å². The summed E-state index contributed by atoms with van der Waals surface area (Å²) < 4.78 is 10.6. The van der Waals surface area contributed by atoms with Gasteiger partial charge in [-0.1, -0.05) is 23.4 Å². The van der Waals surface area contributed by atoms with Gasteiger partial charge in [-0.2, -0.15) is 0 Å². The zero-order valence-electron chi connectivity index (χ0n) is 12.1. The number of nitrogens with zero attached hydrogens (tertiary/aromatic N) is 2. The maximum Gasteiger partial charge on any atom is 0.284 e. The molecule has 23 heavy (non-hydrogen) atoms. The summed E-state index contributed by atoms with van der Waals surface area (Å²) in [6, 6.07) is 8.73. The summed E-state index contributed by atoms with van der Waals surface area (Å²) in [6.45, 7) is 1.88. The first-order valence-corrected chi connectivity index (χ1v) is 8.04. The number of aryl methyl sites for hydroxylation is 1. The highest BCUT2D eigenvalue weighted by Crippen LogP contribution is 2.24. The predicted molar refractivity (Wildman–Crippen MR) is 87.5 cm³/mol. The van der Waals surface area contributed by atoms with Crippen LogP contribution < -0.4 is 5.32 Å². The Kier molecular flexibility index (Phi) is 4.68. The number of hydrogen-bond acceptors (Lipinski definition) is 6. The highest BCUT2D eigenvalue weighted by molar-refractivity contribution is 7.99. The highest BCUT2D eigenvalue weighted by atomic mass is 35.5. The molecule has 1 aromatic carbocycles. The number of carbonyl (C=O) groups excluding carboxylic acids is 1. The van der Waals surface area contributed by atoms with Crippen LogP contribution in [-0.4, -0.2) is 21.9 Å². The Bertz CT molecular complexity index is 817. The van der Waals surface area contributed by atoms with E-state index in [4.69, 9.17) is 20.4 Å². The Morgan fingerprint density at radius 3 is 2.96 bits per heavy atom. The average molecular weight is 350 g/mol. The minimum Gasteiger partial charge on any atom is -0.459 e. The van der Waals surface area contributed by atoms with E-state index >= 15 is 0 Å². The lowest BCUT2D eigenvalue weighted by atomic mass is 10.2. The summed E-state index contributed by atoms with van der Waals surface area (Å²) in [7, 11) is 0. The molecule has 0 saturated carbocycles. The van der Waals surface area contributed by atoms with Gasteiger partial charge in [0.25, 0.3) is 11.1 Å². The maximum atomic E-state index is 12.0. The van der Waals surface area contributed by atoms with Gasteiger partial charge in [-0.05, 0) is 42.8 Å². The highest BCUT2D eigenvalue weighted by Gasteiger charge is 2.13. The zero-order valence-corrected chi connectivity index (χ0v) is 13.6. The number of benzene rings is 1. The van der Waals surface area contributed by atoms with Gasteiger partial charge in [0.05, 0.1) is 12.0 Å². The molecule has 0 radical (unpaired) electrons. The van der Waals surface area contributed by atoms with Crippen LogP contribution in [0.3, 0.4) is 0 Å². The number of thioether (sulfide) groups is 1. The molecular formula is C15H12ClN3O3S. The van der Waals surface area contributed by atoms with Crippen LogP contribution in [0, 0.1) is 6.92 Å². The molecule has 8 heteroatoms. The number of carbonyl (C=O) groups is 1. The summed E-state index contributed by atoms with van der Waals surface area (Å²) in [5, 5.41) is 11.5. The molecule has 0 aliphatic rings. The monoisotopic (exact) mass is 349 g/mol. The fourth-order valence-electron chi connectivity index (χ4n) is 1.85. The topological polar surface area (TPSA) is 81.2 Å². The quantitative estimate of drug-likeness (QED) is 0.700. The van der Waals surface area contributed by atoms with Gasteiger partial charge in [0.2, 0.25) is 5.91 Å². The van der Waals surface area contributed by atoms with Gasteiger partial charge in [0.1, 0.15) is 0 Å². The molecule has 0 atom stereocenters. The second-order valence-corrected chi connectivity index (χ2v) is 6.01. The van der Waals surface area contributed by atoms with Crippen molar-refractivity contribution in [3.63, 3.8) is 0 Å². The van der Waals surface area contributed by atoms with Gasteiger partial charge >= 0.3 is 0 Å². The van der Waals surface area contributed by atoms with Crippen LogP contribution in [0.15, 0.2) is 50.7 Å². The molecule has 0 fully saturated rings. The normalized spacial score (nSPS) is 10.7. The summed E-state index contributed by atoms with van der Waals surface area (Å²) in [5.41, 5.74) is 1.62. The van der Waals surface area contributed by atoms with Gasteiger partial charge in [-0.15, -0.1) is 10.2 Å². The molecule has 0 saturated heterocycles. The van der Waals surface area contributed by atoms with Crippen molar-refractivity contribution in [3.8, 4) is 11.7 Å². The Balaban J connectivity index is 1.57. The van der Waals surface area contributed by atoms with E-state index in [2.05, 4.69) is 15.5 Å². The average Bonchev–Trinajstić information content (AvgIpc) is 3.18. The van der Waals surface area contributed by atoms with Gasteiger partial charge in [-0.25, -0.2) is 0 Å². The Morgan fingerprint density at radius 2 is 2.22 bits per heavy atom.